The maximum absolute atomic E-state index is 12.7. The van der Waals surface area contributed by atoms with Crippen molar-refractivity contribution in [3.63, 3.8) is 0 Å². The van der Waals surface area contributed by atoms with E-state index in [4.69, 9.17) is 10.3 Å². The van der Waals surface area contributed by atoms with Gasteiger partial charge in [0.15, 0.2) is 5.82 Å². The van der Waals surface area contributed by atoms with E-state index in [1.807, 2.05) is 43.5 Å². The number of hydrogen-bond donors (Lipinski definition) is 2. The molecule has 0 radical (unpaired) electrons. The molecule has 0 unspecified atom stereocenters. The molecule has 0 bridgehead atoms. The predicted octanol–water partition coefficient (Wildman–Crippen LogP) is 3.74. The van der Waals surface area contributed by atoms with Gasteiger partial charge in [0.2, 0.25) is 11.8 Å². The van der Waals surface area contributed by atoms with Crippen molar-refractivity contribution in [2.45, 2.75) is 33.6 Å². The number of amides is 2. The number of hydrogen-bond acceptors (Lipinski definition) is 5. The molecule has 4 rings (SSSR count). The van der Waals surface area contributed by atoms with Crippen LogP contribution in [-0.2, 0) is 4.79 Å². The van der Waals surface area contributed by atoms with Crippen molar-refractivity contribution >= 4 is 29.3 Å². The molecule has 166 valence electrons. The molecule has 2 aromatic heterocycles. The highest BCUT2D eigenvalue weighted by atomic mass is 16.5. The summed E-state index contributed by atoms with van der Waals surface area (Å²) in [7, 11) is 0. The van der Waals surface area contributed by atoms with Gasteiger partial charge in [-0.3, -0.25) is 14.2 Å². The second-order valence-electron chi connectivity index (χ2n) is 8.07. The first-order chi connectivity index (χ1) is 15.3. The van der Waals surface area contributed by atoms with Crippen LogP contribution in [0.2, 0.25) is 0 Å². The molecule has 0 atom stereocenters. The van der Waals surface area contributed by atoms with E-state index in [0.717, 1.165) is 54.3 Å². The molecule has 0 aliphatic carbocycles. The van der Waals surface area contributed by atoms with Crippen molar-refractivity contribution in [1.29, 1.82) is 0 Å². The molecule has 8 nitrogen and oxygen atoms in total. The molecule has 8 heteroatoms. The summed E-state index contributed by atoms with van der Waals surface area (Å²) < 4.78 is 7.17. The van der Waals surface area contributed by atoms with Gasteiger partial charge in [-0.25, -0.2) is 0 Å². The van der Waals surface area contributed by atoms with E-state index in [0.29, 0.717) is 17.1 Å². The Labute approximate surface area is 186 Å². The Morgan fingerprint density at radius 3 is 2.53 bits per heavy atom. The lowest BCUT2D eigenvalue weighted by Crippen LogP contribution is -2.21. The van der Waals surface area contributed by atoms with Crippen molar-refractivity contribution < 1.29 is 14.1 Å². The summed E-state index contributed by atoms with van der Waals surface area (Å²) in [5.41, 5.74) is 10.1. The first-order valence-corrected chi connectivity index (χ1v) is 10.6. The minimum atomic E-state index is -0.528. The number of aromatic nitrogens is 2. The van der Waals surface area contributed by atoms with Gasteiger partial charge in [0.05, 0.1) is 11.4 Å². The quantitative estimate of drug-likeness (QED) is 0.576. The summed E-state index contributed by atoms with van der Waals surface area (Å²) >= 11 is 0. The lowest BCUT2D eigenvalue weighted by molar-refractivity contribution is -0.111. The number of anilines is 2. The minimum absolute atomic E-state index is 0.283. The lowest BCUT2D eigenvalue weighted by Gasteiger charge is -2.21. The maximum Gasteiger partial charge on any atom is 0.248 e. The summed E-state index contributed by atoms with van der Waals surface area (Å²) in [6, 6.07) is 9.04. The summed E-state index contributed by atoms with van der Waals surface area (Å²) in [6.07, 6.45) is 5.47. The normalized spacial score (nSPS) is 13.8. The second kappa shape index (κ2) is 8.74. The van der Waals surface area contributed by atoms with Crippen LogP contribution >= 0.6 is 0 Å². The Bertz CT molecular complexity index is 1200. The fourth-order valence-corrected chi connectivity index (χ4v) is 4.13. The second-order valence-corrected chi connectivity index (χ2v) is 8.07. The molecule has 3 aromatic rings. The van der Waals surface area contributed by atoms with E-state index in [1.54, 1.807) is 18.2 Å². The summed E-state index contributed by atoms with van der Waals surface area (Å²) in [5.74, 6) is 0.629. The molecular weight excluding hydrogens is 406 g/mol. The minimum Gasteiger partial charge on any atom is -0.370 e. The number of nitrogens with zero attached hydrogens (tertiary/aromatic N) is 3. The first kappa shape index (κ1) is 21.4. The smallest absolute Gasteiger partial charge is 0.248 e. The molecule has 0 spiro atoms. The molecule has 1 saturated heterocycles. The van der Waals surface area contributed by atoms with E-state index < -0.39 is 5.91 Å². The predicted molar refractivity (Wildman–Crippen MR) is 124 cm³/mol. The zero-order chi connectivity index (χ0) is 22.8. The van der Waals surface area contributed by atoms with Gasteiger partial charge in [-0.1, -0.05) is 5.16 Å². The molecule has 1 aliphatic heterocycles. The van der Waals surface area contributed by atoms with Crippen molar-refractivity contribution in [3.8, 4) is 5.82 Å². The Kier molecular flexibility index (Phi) is 5.85. The number of benzene rings is 1. The van der Waals surface area contributed by atoms with Crippen molar-refractivity contribution in [2.24, 2.45) is 5.73 Å². The monoisotopic (exact) mass is 433 g/mol. The van der Waals surface area contributed by atoms with E-state index in [2.05, 4.69) is 15.4 Å². The third kappa shape index (κ3) is 4.30. The van der Waals surface area contributed by atoms with Crippen molar-refractivity contribution in [2.75, 3.05) is 23.3 Å². The molecule has 1 aromatic carbocycles. The SMILES string of the molecule is Cc1cc(-n2c(C)cc(/C=C/C(=O)Nc3cc(C(N)=O)ccc3N3CCCC3)c2C)no1. The largest absolute Gasteiger partial charge is 0.370 e. The summed E-state index contributed by atoms with van der Waals surface area (Å²) in [4.78, 5) is 26.6. The zero-order valence-electron chi connectivity index (χ0n) is 18.5. The van der Waals surface area contributed by atoms with Crippen LogP contribution in [0.15, 0.2) is 40.9 Å². The number of rotatable bonds is 6. The van der Waals surface area contributed by atoms with Gasteiger partial charge in [0, 0.05) is 42.2 Å². The number of nitrogens with one attached hydrogen (secondary N) is 1. The van der Waals surface area contributed by atoms with Crippen molar-refractivity contribution in [1.82, 2.24) is 9.72 Å². The van der Waals surface area contributed by atoms with Gasteiger partial charge in [-0.15, -0.1) is 0 Å². The topological polar surface area (TPSA) is 106 Å². The van der Waals surface area contributed by atoms with Crippen LogP contribution in [0, 0.1) is 20.8 Å². The van der Waals surface area contributed by atoms with Gasteiger partial charge in [-0.05, 0) is 69.5 Å². The number of carbonyl (C=O) groups excluding carboxylic acids is 2. The van der Waals surface area contributed by atoms with Gasteiger partial charge in [0.25, 0.3) is 0 Å². The van der Waals surface area contributed by atoms with Crippen LogP contribution in [0.25, 0.3) is 11.9 Å². The molecule has 32 heavy (non-hydrogen) atoms. The Morgan fingerprint density at radius 2 is 1.88 bits per heavy atom. The van der Waals surface area contributed by atoms with E-state index >= 15 is 0 Å². The van der Waals surface area contributed by atoms with Gasteiger partial charge in [0.1, 0.15) is 5.76 Å². The summed E-state index contributed by atoms with van der Waals surface area (Å²) in [6.45, 7) is 7.63. The Morgan fingerprint density at radius 1 is 1.12 bits per heavy atom. The zero-order valence-corrected chi connectivity index (χ0v) is 18.5. The highest BCUT2D eigenvalue weighted by Gasteiger charge is 2.18. The fourth-order valence-electron chi connectivity index (χ4n) is 4.13. The lowest BCUT2D eigenvalue weighted by atomic mass is 10.1. The van der Waals surface area contributed by atoms with Crippen molar-refractivity contribution in [3.05, 3.63) is 64.7 Å². The van der Waals surface area contributed by atoms with Crippen LogP contribution in [0.1, 0.15) is 45.9 Å². The Balaban J connectivity index is 1.56. The van der Waals surface area contributed by atoms with Gasteiger partial charge in [-0.2, -0.15) is 0 Å². The molecule has 1 fully saturated rings. The number of primary amides is 1. The highest BCUT2D eigenvalue weighted by molar-refractivity contribution is 6.05. The molecule has 0 saturated carbocycles. The molecule has 1 aliphatic rings. The third-order valence-corrected chi connectivity index (χ3v) is 5.71. The van der Waals surface area contributed by atoms with Crippen LogP contribution in [-0.4, -0.2) is 34.6 Å². The fraction of sp³-hybridized carbons (Fsp3) is 0.292. The van der Waals surface area contributed by atoms with E-state index in [9.17, 15) is 9.59 Å². The number of aryl methyl sites for hydroxylation is 2. The van der Waals surface area contributed by atoms with E-state index in [-0.39, 0.29) is 5.91 Å². The maximum atomic E-state index is 12.7. The van der Waals surface area contributed by atoms with Crippen LogP contribution in [0.5, 0.6) is 0 Å². The Hall–Kier alpha value is -3.81. The number of nitrogens with two attached hydrogens (primary N) is 1. The first-order valence-electron chi connectivity index (χ1n) is 10.6. The molecular formula is C24H27N5O3. The van der Waals surface area contributed by atoms with Gasteiger partial charge < -0.3 is 20.5 Å². The highest BCUT2D eigenvalue weighted by Crippen LogP contribution is 2.30. The van der Waals surface area contributed by atoms with Crippen LogP contribution in [0.4, 0.5) is 11.4 Å². The molecule has 3 heterocycles. The average molecular weight is 434 g/mol. The number of carbonyl (C=O) groups is 2. The molecule has 3 N–H and O–H groups in total. The summed E-state index contributed by atoms with van der Waals surface area (Å²) in [5, 5.41) is 7.00. The third-order valence-electron chi connectivity index (χ3n) is 5.71. The van der Waals surface area contributed by atoms with Crippen LogP contribution < -0.4 is 16.0 Å². The van der Waals surface area contributed by atoms with E-state index in [1.165, 1.54) is 6.08 Å². The standard InChI is InChI=1S/C24H27N5O3/c1-15-12-18(17(3)29(15)22-13-16(2)32-27-22)7-9-23(30)26-20-14-19(24(25)31)6-8-21(20)28-10-4-5-11-28/h6-9,12-14H,4-5,10-11H2,1-3H3,(H2,25,31)(H,26,30)/b9-7+. The van der Waals surface area contributed by atoms with Crippen LogP contribution in [0.3, 0.4) is 0 Å². The van der Waals surface area contributed by atoms with Gasteiger partial charge >= 0.3 is 0 Å². The average Bonchev–Trinajstić information content (AvgIpc) is 3.48. The molecule has 2 amide bonds.